The van der Waals surface area contributed by atoms with Gasteiger partial charge in [0.1, 0.15) is 6.61 Å². The van der Waals surface area contributed by atoms with Gasteiger partial charge in [-0.1, -0.05) is 17.3 Å². The molecule has 0 atom stereocenters. The second kappa shape index (κ2) is 8.29. The molecule has 0 bridgehead atoms. The van der Waals surface area contributed by atoms with Crippen molar-refractivity contribution in [3.05, 3.63) is 59.3 Å². The number of rotatable bonds is 7. The molecule has 0 aliphatic carbocycles. The number of aliphatic carboxylic acids is 1. The van der Waals surface area contributed by atoms with E-state index in [1.807, 2.05) is 0 Å². The van der Waals surface area contributed by atoms with Crippen LogP contribution in [-0.2, 0) is 16.2 Å². The van der Waals surface area contributed by atoms with Gasteiger partial charge < -0.3 is 14.7 Å². The average molecular weight is 325 g/mol. The third kappa shape index (κ3) is 5.10. The Morgan fingerprint density at radius 2 is 2.04 bits per heavy atom. The number of nitrogens with zero attached hydrogens (tertiary/aromatic N) is 3. The van der Waals surface area contributed by atoms with Gasteiger partial charge in [0.2, 0.25) is 5.88 Å². The first-order valence-electron chi connectivity index (χ1n) is 7.05. The van der Waals surface area contributed by atoms with Gasteiger partial charge in [0.25, 0.3) is 0 Å². The number of carboxylic acids is 1. The van der Waals surface area contributed by atoms with Crippen LogP contribution in [0.5, 0.6) is 5.88 Å². The molecule has 0 aliphatic heterocycles. The van der Waals surface area contributed by atoms with Crippen molar-refractivity contribution in [1.29, 1.82) is 5.26 Å². The summed E-state index contributed by atoms with van der Waals surface area (Å²) in [4.78, 5) is 19.7. The predicted octanol–water partition coefficient (Wildman–Crippen LogP) is 2.36. The van der Waals surface area contributed by atoms with Crippen molar-refractivity contribution < 1.29 is 19.5 Å². The molecule has 7 heteroatoms. The van der Waals surface area contributed by atoms with Crippen LogP contribution in [0.1, 0.15) is 23.6 Å². The third-order valence-electron chi connectivity index (χ3n) is 3.01. The van der Waals surface area contributed by atoms with Crippen LogP contribution < -0.4 is 4.74 Å². The minimum Gasteiger partial charge on any atom is -0.479 e. The fourth-order valence-electron chi connectivity index (χ4n) is 1.75. The first kappa shape index (κ1) is 17.0. The Kier molecular flexibility index (Phi) is 5.86. The van der Waals surface area contributed by atoms with E-state index in [-0.39, 0.29) is 12.5 Å². The molecule has 0 unspecified atom stereocenters. The fourth-order valence-corrected chi connectivity index (χ4v) is 1.75. The fraction of sp³-hybridized carbons (Fsp3) is 0.176. The monoisotopic (exact) mass is 325 g/mol. The molecule has 0 aliphatic rings. The van der Waals surface area contributed by atoms with Crippen molar-refractivity contribution in [1.82, 2.24) is 4.98 Å². The Hall–Kier alpha value is -3.40. The number of carboxylic acid groups (broad SMARTS) is 1. The number of carbonyl (C=O) groups is 1. The maximum Gasteiger partial charge on any atom is 0.341 e. The summed E-state index contributed by atoms with van der Waals surface area (Å²) < 4.78 is 4.96. The van der Waals surface area contributed by atoms with Crippen LogP contribution in [0.4, 0.5) is 0 Å². The number of hydrogen-bond acceptors (Lipinski definition) is 6. The Morgan fingerprint density at radius 1 is 1.29 bits per heavy atom. The topological polar surface area (TPSA) is 105 Å². The molecular weight excluding hydrogens is 310 g/mol. The van der Waals surface area contributed by atoms with E-state index in [1.165, 1.54) is 6.20 Å². The van der Waals surface area contributed by atoms with Crippen molar-refractivity contribution in [2.75, 3.05) is 6.61 Å². The zero-order valence-electron chi connectivity index (χ0n) is 13.0. The van der Waals surface area contributed by atoms with Gasteiger partial charge in [0.05, 0.1) is 17.3 Å². The standard InChI is InChI=1S/C17H15N3O4/c1-12(15-6-7-16(19-9-15)23-11-17(21)22)20-24-10-14-4-2-13(8-18)3-5-14/h2-7,9H,10-11H2,1H3,(H,21,22). The molecule has 24 heavy (non-hydrogen) atoms. The van der Waals surface area contributed by atoms with Crippen LogP contribution in [0.25, 0.3) is 0 Å². The van der Waals surface area contributed by atoms with Gasteiger partial charge >= 0.3 is 5.97 Å². The number of oxime groups is 1. The predicted molar refractivity (Wildman–Crippen MR) is 85.5 cm³/mol. The molecule has 0 amide bonds. The summed E-state index contributed by atoms with van der Waals surface area (Å²) in [6.45, 7) is 1.62. The minimum absolute atomic E-state index is 0.229. The van der Waals surface area contributed by atoms with Gasteiger partial charge in [0.15, 0.2) is 6.61 Å². The summed E-state index contributed by atoms with van der Waals surface area (Å²) in [6.07, 6.45) is 1.53. The summed E-state index contributed by atoms with van der Waals surface area (Å²) in [5.74, 6) is -0.831. The lowest BCUT2D eigenvalue weighted by atomic mass is 10.2. The van der Waals surface area contributed by atoms with Crippen LogP contribution in [0.15, 0.2) is 47.8 Å². The van der Waals surface area contributed by atoms with E-state index in [0.29, 0.717) is 11.3 Å². The molecule has 1 N–H and O–H groups in total. The number of nitriles is 1. The van der Waals surface area contributed by atoms with E-state index in [0.717, 1.165) is 11.1 Å². The lowest BCUT2D eigenvalue weighted by molar-refractivity contribution is -0.139. The highest BCUT2D eigenvalue weighted by Gasteiger charge is 2.03. The van der Waals surface area contributed by atoms with Crippen LogP contribution in [0.3, 0.4) is 0 Å². The lowest BCUT2D eigenvalue weighted by Crippen LogP contribution is -2.10. The van der Waals surface area contributed by atoms with Crippen molar-refractivity contribution >= 4 is 11.7 Å². The molecule has 0 spiro atoms. The van der Waals surface area contributed by atoms with E-state index >= 15 is 0 Å². The summed E-state index contributed by atoms with van der Waals surface area (Å²) >= 11 is 0. The highest BCUT2D eigenvalue weighted by molar-refractivity contribution is 5.98. The van der Waals surface area contributed by atoms with Crippen LogP contribution >= 0.6 is 0 Å². The number of pyridine rings is 1. The largest absolute Gasteiger partial charge is 0.479 e. The molecule has 1 heterocycles. The second-order valence-corrected chi connectivity index (χ2v) is 4.83. The number of hydrogen-bond donors (Lipinski definition) is 1. The smallest absolute Gasteiger partial charge is 0.341 e. The van der Waals surface area contributed by atoms with Gasteiger partial charge in [-0.2, -0.15) is 5.26 Å². The Morgan fingerprint density at radius 3 is 2.62 bits per heavy atom. The maximum atomic E-state index is 10.4. The number of ether oxygens (including phenoxy) is 1. The first-order chi connectivity index (χ1) is 11.6. The van der Waals surface area contributed by atoms with Crippen molar-refractivity contribution in [2.24, 2.45) is 5.16 Å². The lowest BCUT2D eigenvalue weighted by Gasteiger charge is -2.05. The zero-order valence-corrected chi connectivity index (χ0v) is 13.0. The van der Waals surface area contributed by atoms with Crippen molar-refractivity contribution in [2.45, 2.75) is 13.5 Å². The van der Waals surface area contributed by atoms with Gasteiger partial charge in [0, 0.05) is 17.8 Å². The third-order valence-corrected chi connectivity index (χ3v) is 3.01. The molecule has 0 saturated heterocycles. The van der Waals surface area contributed by atoms with Gasteiger partial charge in [-0.15, -0.1) is 0 Å². The van der Waals surface area contributed by atoms with E-state index in [4.69, 9.17) is 19.9 Å². The summed E-state index contributed by atoms with van der Waals surface area (Å²) in [6, 6.07) is 12.4. The quantitative estimate of drug-likeness (QED) is 0.619. The molecule has 1 aromatic carbocycles. The van der Waals surface area contributed by atoms with Crippen LogP contribution in [-0.4, -0.2) is 28.4 Å². The Balaban J connectivity index is 1.90. The zero-order chi connectivity index (χ0) is 17.4. The van der Waals surface area contributed by atoms with Crippen molar-refractivity contribution in [3.8, 4) is 11.9 Å². The molecule has 2 aromatic rings. The minimum atomic E-state index is -1.06. The molecule has 0 radical (unpaired) electrons. The van der Waals surface area contributed by atoms with Gasteiger partial charge in [-0.3, -0.25) is 0 Å². The van der Waals surface area contributed by atoms with Crippen molar-refractivity contribution in [3.63, 3.8) is 0 Å². The highest BCUT2D eigenvalue weighted by atomic mass is 16.6. The Bertz CT molecular complexity index is 762. The molecule has 2 rings (SSSR count). The Labute approximate surface area is 138 Å². The number of aromatic nitrogens is 1. The summed E-state index contributed by atoms with van der Waals surface area (Å²) in [7, 11) is 0. The van der Waals surface area contributed by atoms with Gasteiger partial charge in [-0.25, -0.2) is 9.78 Å². The first-order valence-corrected chi connectivity index (χ1v) is 7.05. The van der Waals surface area contributed by atoms with Crippen LogP contribution in [0.2, 0.25) is 0 Å². The molecule has 7 nitrogen and oxygen atoms in total. The molecular formula is C17H15N3O4. The van der Waals surface area contributed by atoms with Gasteiger partial charge in [-0.05, 0) is 30.7 Å². The maximum absolute atomic E-state index is 10.4. The average Bonchev–Trinajstić information content (AvgIpc) is 2.61. The summed E-state index contributed by atoms with van der Waals surface area (Å²) in [5.41, 5.74) is 2.86. The second-order valence-electron chi connectivity index (χ2n) is 4.83. The van der Waals surface area contributed by atoms with E-state index in [1.54, 1.807) is 43.3 Å². The molecule has 1 aromatic heterocycles. The normalized spacial score (nSPS) is 10.8. The highest BCUT2D eigenvalue weighted by Crippen LogP contribution is 2.10. The number of benzene rings is 1. The SMILES string of the molecule is CC(=NOCc1ccc(C#N)cc1)c1ccc(OCC(=O)O)nc1. The molecule has 0 fully saturated rings. The van der Waals surface area contributed by atoms with Crippen LogP contribution in [0, 0.1) is 11.3 Å². The van der Waals surface area contributed by atoms with E-state index in [9.17, 15) is 4.79 Å². The van der Waals surface area contributed by atoms with E-state index in [2.05, 4.69) is 16.2 Å². The summed E-state index contributed by atoms with van der Waals surface area (Å²) in [5, 5.41) is 21.3. The van der Waals surface area contributed by atoms with E-state index < -0.39 is 12.6 Å². The molecule has 122 valence electrons. The molecule has 0 saturated carbocycles.